The van der Waals surface area contributed by atoms with Crippen LogP contribution in [0.15, 0.2) is 60.7 Å². The van der Waals surface area contributed by atoms with E-state index in [9.17, 15) is 31.5 Å². The molecule has 0 bridgehead atoms. The Morgan fingerprint density at radius 3 is 1.90 bits per heavy atom. The number of aromatic carboxylic acids is 1. The van der Waals surface area contributed by atoms with Crippen LogP contribution in [0.4, 0.5) is 10.1 Å². The SMILES string of the molecule is COc1ccc(OC(CCS(=O)(=O)CCCN(c2ccc(Cl)c(C(=O)O)c2F)S(=O)[O-])Oc2ccc(OC)cc2)cc1. The molecule has 1 atom stereocenters. The van der Waals surface area contributed by atoms with E-state index in [0.717, 1.165) is 12.1 Å². The summed E-state index contributed by atoms with van der Waals surface area (Å²) in [4.78, 5) is 11.3. The summed E-state index contributed by atoms with van der Waals surface area (Å²) in [6.45, 7) is -0.429. The smallest absolute Gasteiger partial charge is 0.340 e. The summed E-state index contributed by atoms with van der Waals surface area (Å²) >= 11 is 2.70. The van der Waals surface area contributed by atoms with Crippen LogP contribution in [0.1, 0.15) is 23.2 Å². The fourth-order valence-corrected chi connectivity index (χ4v) is 5.90. The Kier molecular flexibility index (Phi) is 11.8. The Bertz CT molecular complexity index is 1440. The third-order valence-electron chi connectivity index (χ3n) is 5.87. The number of methoxy groups -OCH3 is 2. The number of sulfone groups is 1. The number of anilines is 1. The number of nitrogens with zero attached hydrogens (tertiary/aromatic N) is 1. The Labute approximate surface area is 250 Å². The van der Waals surface area contributed by atoms with Gasteiger partial charge < -0.3 is 28.6 Å². The summed E-state index contributed by atoms with van der Waals surface area (Å²) in [6.07, 6.45) is -1.29. The number of hydrogen-bond acceptors (Lipinski definition) is 9. The molecule has 0 aliphatic rings. The molecule has 0 aromatic heterocycles. The topological polar surface area (TPSA) is 152 Å². The predicted octanol–water partition coefficient (Wildman–Crippen LogP) is 4.47. The largest absolute Gasteiger partial charge is 0.755 e. The second-order valence-electron chi connectivity index (χ2n) is 8.69. The molecule has 15 heteroatoms. The maximum Gasteiger partial charge on any atom is 0.340 e. The van der Waals surface area contributed by atoms with Crippen LogP contribution in [0.3, 0.4) is 0 Å². The minimum absolute atomic E-state index is 0.0780. The third kappa shape index (κ3) is 9.21. The van der Waals surface area contributed by atoms with Gasteiger partial charge in [0.2, 0.25) is 6.29 Å². The standard InChI is InChI=1S/C27H29ClFNO10S2/c1-37-18-4-8-20(9-5-18)39-24(40-21-10-6-19(38-2)7-11-21)14-17-42(35,36)16-3-15-30(41(33)34)23-13-12-22(28)25(26(23)29)27(31)32/h4-13,24H,3,14-17H2,1-2H3,(H,31,32)(H,33,34)/p-1. The van der Waals surface area contributed by atoms with Gasteiger partial charge in [-0.05, 0) is 67.1 Å². The predicted molar refractivity (Wildman–Crippen MR) is 154 cm³/mol. The summed E-state index contributed by atoms with van der Waals surface area (Å²) < 4.78 is 86.7. The van der Waals surface area contributed by atoms with Crippen molar-refractivity contribution in [3.05, 3.63) is 77.1 Å². The van der Waals surface area contributed by atoms with Crippen LogP contribution in [0, 0.1) is 5.82 Å². The van der Waals surface area contributed by atoms with Gasteiger partial charge in [0.15, 0.2) is 15.7 Å². The van der Waals surface area contributed by atoms with Crippen molar-refractivity contribution >= 4 is 44.4 Å². The molecule has 1 unspecified atom stereocenters. The van der Waals surface area contributed by atoms with Crippen molar-refractivity contribution in [1.29, 1.82) is 0 Å². The van der Waals surface area contributed by atoms with E-state index >= 15 is 0 Å². The van der Waals surface area contributed by atoms with Gasteiger partial charge in [0.1, 0.15) is 28.6 Å². The first-order chi connectivity index (χ1) is 19.9. The van der Waals surface area contributed by atoms with Gasteiger partial charge in [-0.2, -0.15) is 0 Å². The Morgan fingerprint density at radius 1 is 0.952 bits per heavy atom. The average Bonchev–Trinajstić information content (AvgIpc) is 2.95. The van der Waals surface area contributed by atoms with Crippen molar-refractivity contribution in [1.82, 2.24) is 0 Å². The van der Waals surface area contributed by atoms with Crippen molar-refractivity contribution in [3.8, 4) is 23.0 Å². The molecule has 3 aromatic rings. The Hall–Kier alpha value is -3.59. The summed E-state index contributed by atoms with van der Waals surface area (Å²) in [5.41, 5.74) is -1.46. The van der Waals surface area contributed by atoms with E-state index in [2.05, 4.69) is 0 Å². The second kappa shape index (κ2) is 15.0. The molecule has 0 amide bonds. The first-order valence-electron chi connectivity index (χ1n) is 12.3. The summed E-state index contributed by atoms with van der Waals surface area (Å²) in [5.74, 6) is -1.83. The molecule has 0 radical (unpaired) electrons. The fraction of sp³-hybridized carbons (Fsp3) is 0.296. The van der Waals surface area contributed by atoms with Crippen LogP contribution in [0.2, 0.25) is 5.02 Å². The minimum atomic E-state index is -3.76. The van der Waals surface area contributed by atoms with Gasteiger partial charge in [-0.25, -0.2) is 17.6 Å². The molecule has 0 fully saturated rings. The first-order valence-corrected chi connectivity index (χ1v) is 15.6. The van der Waals surface area contributed by atoms with Gasteiger partial charge in [-0.3, -0.25) is 8.51 Å². The second-order valence-corrected chi connectivity index (χ2v) is 12.3. The number of halogens is 2. The van der Waals surface area contributed by atoms with Crippen molar-refractivity contribution < 1.29 is 50.4 Å². The van der Waals surface area contributed by atoms with Crippen molar-refractivity contribution in [2.24, 2.45) is 0 Å². The fourth-order valence-electron chi connectivity index (χ4n) is 3.77. The highest BCUT2D eigenvalue weighted by molar-refractivity contribution is 7.91. The van der Waals surface area contributed by atoms with Gasteiger partial charge >= 0.3 is 5.97 Å². The van der Waals surface area contributed by atoms with E-state index in [4.69, 9.17) is 30.5 Å². The molecular weight excluding hydrogens is 617 g/mol. The van der Waals surface area contributed by atoms with E-state index in [1.54, 1.807) is 48.5 Å². The van der Waals surface area contributed by atoms with E-state index in [-0.39, 0.29) is 18.6 Å². The number of benzene rings is 3. The zero-order valence-electron chi connectivity index (χ0n) is 22.5. The van der Waals surface area contributed by atoms with Crippen molar-refractivity contribution in [2.75, 3.05) is 36.6 Å². The van der Waals surface area contributed by atoms with Crippen LogP contribution in [0.5, 0.6) is 23.0 Å². The van der Waals surface area contributed by atoms with E-state index < -0.39 is 67.8 Å². The number of carboxylic acids is 1. The highest BCUT2D eigenvalue weighted by Crippen LogP contribution is 2.29. The van der Waals surface area contributed by atoms with Crippen molar-refractivity contribution in [2.45, 2.75) is 19.1 Å². The normalized spacial score (nSPS) is 12.0. The Morgan fingerprint density at radius 2 is 1.45 bits per heavy atom. The van der Waals surface area contributed by atoms with Gasteiger partial charge in [0.05, 0.1) is 36.4 Å². The molecule has 11 nitrogen and oxygen atoms in total. The molecule has 0 saturated carbocycles. The zero-order valence-corrected chi connectivity index (χ0v) is 24.9. The first kappa shape index (κ1) is 32.9. The van der Waals surface area contributed by atoms with Gasteiger partial charge in [0.25, 0.3) is 0 Å². The minimum Gasteiger partial charge on any atom is -0.755 e. The lowest BCUT2D eigenvalue weighted by molar-refractivity contribution is 0.00384. The van der Waals surface area contributed by atoms with Gasteiger partial charge in [-0.15, -0.1) is 0 Å². The summed E-state index contributed by atoms with van der Waals surface area (Å²) in [5, 5.41) is 8.79. The van der Waals surface area contributed by atoms with Crippen LogP contribution >= 0.6 is 11.6 Å². The molecule has 0 heterocycles. The number of ether oxygens (including phenoxy) is 4. The van der Waals surface area contributed by atoms with Crippen LogP contribution in [-0.2, 0) is 21.1 Å². The van der Waals surface area contributed by atoms with E-state index in [1.807, 2.05) is 0 Å². The lowest BCUT2D eigenvalue weighted by atomic mass is 10.2. The molecule has 0 aliphatic carbocycles. The number of carboxylic acid groups (broad SMARTS) is 1. The molecule has 228 valence electrons. The van der Waals surface area contributed by atoms with Crippen LogP contribution in [-0.4, -0.2) is 66.8 Å². The lowest BCUT2D eigenvalue weighted by Gasteiger charge is -2.27. The molecule has 0 aliphatic heterocycles. The average molecular weight is 645 g/mol. The lowest BCUT2D eigenvalue weighted by Crippen LogP contribution is -2.31. The molecule has 0 saturated heterocycles. The van der Waals surface area contributed by atoms with Crippen molar-refractivity contribution in [3.63, 3.8) is 0 Å². The zero-order chi connectivity index (χ0) is 30.9. The highest BCUT2D eigenvalue weighted by Gasteiger charge is 2.24. The summed E-state index contributed by atoms with van der Waals surface area (Å²) in [7, 11) is -0.726. The number of carbonyl (C=O) groups is 1. The molecule has 1 N–H and O–H groups in total. The highest BCUT2D eigenvalue weighted by atomic mass is 35.5. The quantitative estimate of drug-likeness (QED) is 0.175. The molecule has 3 aromatic carbocycles. The number of hydrogen-bond donors (Lipinski definition) is 1. The maximum absolute atomic E-state index is 14.8. The molecule has 3 rings (SSSR count). The summed E-state index contributed by atoms with van der Waals surface area (Å²) in [6, 6.07) is 15.3. The van der Waals surface area contributed by atoms with Crippen LogP contribution in [0.25, 0.3) is 0 Å². The molecule has 0 spiro atoms. The maximum atomic E-state index is 14.8. The van der Waals surface area contributed by atoms with Gasteiger partial charge in [-0.1, -0.05) is 11.6 Å². The number of rotatable bonds is 16. The monoisotopic (exact) mass is 644 g/mol. The Balaban J connectivity index is 1.68. The molecular formula is C27H28ClFNO10S2-. The van der Waals surface area contributed by atoms with E-state index in [1.165, 1.54) is 14.2 Å². The molecule has 42 heavy (non-hydrogen) atoms. The van der Waals surface area contributed by atoms with Crippen LogP contribution < -0.4 is 23.3 Å². The van der Waals surface area contributed by atoms with Gasteiger partial charge in [0, 0.05) is 24.2 Å². The third-order valence-corrected chi connectivity index (χ3v) is 8.69. The van der Waals surface area contributed by atoms with E-state index in [0.29, 0.717) is 27.3 Å².